The van der Waals surface area contributed by atoms with Crippen LogP contribution in [0.2, 0.25) is 0 Å². The molecule has 3 aromatic heterocycles. The Balaban J connectivity index is 0.000000296. The maximum Gasteiger partial charge on any atom is 0.376 e. The fourth-order valence-electron chi connectivity index (χ4n) is 6.01. The van der Waals surface area contributed by atoms with Crippen molar-refractivity contribution in [3.8, 4) is 17.2 Å². The van der Waals surface area contributed by atoms with Crippen molar-refractivity contribution in [2.45, 2.75) is 86.9 Å². The number of nitrogens with two attached hydrogens (primary N) is 1. The van der Waals surface area contributed by atoms with E-state index in [0.29, 0.717) is 0 Å². The van der Waals surface area contributed by atoms with Crippen LogP contribution in [0, 0.1) is 54.0 Å². The SMILES string of the molecule is CC(C)[C@H](C)C(=O)Oc1ccccc1C(=O)Nc1ncc([N+](=O)[O-])s1.CC(C)[C@H](N)C(=O)Oc1ccccc1C(=O)Nc1ncc([N+](=O)[O-])s1.CN[C@H](C(=O)C(=O)OC(C)(C)C)C(C)C.O=C(Nc1ncc([N+](=O)[O-])s1)c1ccccc1O. The highest BCUT2D eigenvalue weighted by Crippen LogP contribution is 2.30. The van der Waals surface area contributed by atoms with Crippen LogP contribution in [-0.2, 0) is 23.9 Å². The first-order valence-electron chi connectivity index (χ1n) is 24.7. The Morgan fingerprint density at radius 2 is 0.928 bits per heavy atom. The molecule has 0 radical (unpaired) electrons. The van der Waals surface area contributed by atoms with E-state index >= 15 is 0 Å². The van der Waals surface area contributed by atoms with Crippen molar-refractivity contribution in [1.82, 2.24) is 20.3 Å². The first-order valence-corrected chi connectivity index (χ1v) is 27.1. The third-order valence-electron chi connectivity index (χ3n) is 10.7. The van der Waals surface area contributed by atoms with Crippen LogP contribution in [-0.4, -0.2) is 101 Å². The quantitative estimate of drug-likeness (QED) is 0.0145. The molecular formula is C52H61N11O17S3. The van der Waals surface area contributed by atoms with E-state index in [2.05, 4.69) is 36.2 Å². The maximum absolute atomic E-state index is 12.4. The van der Waals surface area contributed by atoms with Gasteiger partial charge in [-0.05, 0) is 116 Å². The number of ether oxygens (including phenoxy) is 3. The van der Waals surface area contributed by atoms with Gasteiger partial charge in [0.15, 0.2) is 15.4 Å². The zero-order valence-electron chi connectivity index (χ0n) is 46.6. The third kappa shape index (κ3) is 21.8. The number of amides is 3. The molecule has 0 unspecified atom stereocenters. The van der Waals surface area contributed by atoms with Crippen LogP contribution in [0.15, 0.2) is 91.4 Å². The monoisotopic (exact) mass is 1210 g/mol. The van der Waals surface area contributed by atoms with E-state index in [1.165, 1.54) is 36.4 Å². The second-order valence-electron chi connectivity index (χ2n) is 19.2. The molecule has 3 aromatic carbocycles. The fourth-order valence-corrected chi connectivity index (χ4v) is 7.90. The molecule has 3 amide bonds. The number of aromatic hydroxyl groups is 1. The molecule has 6 aromatic rings. The molecule has 0 fully saturated rings. The molecule has 28 nitrogen and oxygen atoms in total. The highest BCUT2D eigenvalue weighted by atomic mass is 32.1. The Kier molecular flexibility index (Phi) is 26.2. The van der Waals surface area contributed by atoms with Gasteiger partial charge in [-0.3, -0.25) is 70.3 Å². The smallest absolute Gasteiger partial charge is 0.376 e. The average Bonchev–Trinajstić information content (AvgIpc) is 4.37. The van der Waals surface area contributed by atoms with Gasteiger partial charge in [-0.2, -0.15) is 0 Å². The number of carbonyl (C=O) groups is 7. The van der Waals surface area contributed by atoms with E-state index in [9.17, 15) is 69.0 Å². The number of ketones is 1. The van der Waals surface area contributed by atoms with Gasteiger partial charge in [-0.25, -0.2) is 24.5 Å². The van der Waals surface area contributed by atoms with Crippen LogP contribution in [0.5, 0.6) is 17.2 Å². The molecule has 0 bridgehead atoms. The predicted octanol–water partition coefficient (Wildman–Crippen LogP) is 8.84. The van der Waals surface area contributed by atoms with Gasteiger partial charge in [0.1, 0.15) is 47.5 Å². The van der Waals surface area contributed by atoms with Crippen LogP contribution < -0.4 is 36.5 Å². The summed E-state index contributed by atoms with van der Waals surface area (Å²) in [5.74, 6) is -4.37. The van der Waals surface area contributed by atoms with Crippen LogP contribution in [0.4, 0.5) is 30.4 Å². The molecule has 0 spiro atoms. The third-order valence-corrected chi connectivity index (χ3v) is 13.3. The van der Waals surface area contributed by atoms with Gasteiger partial charge in [0.25, 0.3) is 23.5 Å². The van der Waals surface area contributed by atoms with Crippen LogP contribution in [0.1, 0.15) is 100 Å². The maximum atomic E-state index is 12.4. The standard InChI is InChI=1S/C16H17N3O5S.C15H16N4O5S.C11H21NO3.C10H7N3O4S/c1-9(2)10(3)15(21)24-12-7-5-4-6-11(12)14(20)18-16-17-8-13(25-16)19(22)23;1-8(2)12(16)14(21)24-10-6-4-3-5-9(10)13(20)18-15-17-7-11(25-15)19(22)23;1-7(2)8(12-6)9(13)10(14)15-11(3,4)5;14-7-4-2-1-3-6(7)9(15)12-10-11-5-8(18-10)13(16)17/h4-10H,1-3H3,(H,17,18,20);3-8,12H,16H2,1-2H3,(H,17,18,20);7-8,12H,1-6H3;1-5,14H,(H,11,12,15)/t10-;12-;8-;/m000./s1. The predicted molar refractivity (Wildman–Crippen MR) is 308 cm³/mol. The lowest BCUT2D eigenvalue weighted by atomic mass is 9.98. The van der Waals surface area contributed by atoms with E-state index in [1.807, 2.05) is 27.7 Å². The van der Waals surface area contributed by atoms with Crippen LogP contribution in [0.25, 0.3) is 0 Å². The Hall–Kier alpha value is -9.04. The number of esters is 3. The number of benzene rings is 3. The fraction of sp³-hybridized carbons (Fsp3) is 0.346. The normalized spacial score (nSPS) is 11.8. The number of nitrogens with one attached hydrogen (secondary N) is 4. The minimum absolute atomic E-state index is 0.0483. The number of thiazole rings is 3. The lowest BCUT2D eigenvalue weighted by Crippen LogP contribution is -2.44. The Labute approximate surface area is 486 Å². The summed E-state index contributed by atoms with van der Waals surface area (Å²) in [5.41, 5.74) is 5.43. The number of nitrogens with zero attached hydrogens (tertiary/aromatic N) is 6. The second-order valence-corrected chi connectivity index (χ2v) is 22.2. The molecule has 444 valence electrons. The van der Waals surface area contributed by atoms with E-state index in [1.54, 1.807) is 85.0 Å². The number of carbonyl (C=O) groups excluding carboxylic acids is 7. The lowest BCUT2D eigenvalue weighted by molar-refractivity contribution is -0.380. The molecular weight excluding hydrogens is 1150 g/mol. The molecule has 3 atom stereocenters. The highest BCUT2D eigenvalue weighted by molar-refractivity contribution is 7.19. The molecule has 0 saturated carbocycles. The van der Waals surface area contributed by atoms with Crippen molar-refractivity contribution in [2.75, 3.05) is 23.0 Å². The molecule has 0 aliphatic rings. The number of aromatic nitrogens is 3. The summed E-state index contributed by atoms with van der Waals surface area (Å²) < 4.78 is 15.6. The Morgan fingerprint density at radius 1 is 0.566 bits per heavy atom. The molecule has 3 heterocycles. The van der Waals surface area contributed by atoms with E-state index in [0.717, 1.165) is 52.6 Å². The molecule has 6 rings (SSSR count). The lowest BCUT2D eigenvalue weighted by Gasteiger charge is -2.22. The zero-order chi connectivity index (χ0) is 62.5. The van der Waals surface area contributed by atoms with Gasteiger partial charge in [0.05, 0.1) is 43.4 Å². The second kappa shape index (κ2) is 31.8. The van der Waals surface area contributed by atoms with E-state index in [4.69, 9.17) is 19.9 Å². The largest absolute Gasteiger partial charge is 0.507 e. The summed E-state index contributed by atoms with van der Waals surface area (Å²) in [6, 6.07) is 17.1. The number of phenols is 1. The van der Waals surface area contributed by atoms with Crippen molar-refractivity contribution in [3.63, 3.8) is 0 Å². The Bertz CT molecular complexity index is 3150. The zero-order valence-corrected chi connectivity index (χ0v) is 49.0. The number of Topliss-reactive ketones (excluding diaryl/α,β-unsaturated/α-hetero) is 1. The number of para-hydroxylation sites is 3. The van der Waals surface area contributed by atoms with Gasteiger partial charge in [0.2, 0.25) is 0 Å². The number of likely N-dealkylation sites (N-methyl/N-ethyl adjacent to an activating group) is 1. The number of rotatable bonds is 19. The molecule has 7 N–H and O–H groups in total. The molecule has 0 aliphatic heterocycles. The van der Waals surface area contributed by atoms with Crippen molar-refractivity contribution in [3.05, 3.63) is 138 Å². The average molecular weight is 1210 g/mol. The topological polar surface area (TPSA) is 410 Å². The van der Waals surface area contributed by atoms with Crippen molar-refractivity contribution < 1.29 is 67.6 Å². The summed E-state index contributed by atoms with van der Waals surface area (Å²) in [5, 5.41) is 51.1. The number of anilines is 3. The van der Waals surface area contributed by atoms with Gasteiger partial charge in [-0.15, -0.1) is 0 Å². The minimum atomic E-state index is -0.822. The van der Waals surface area contributed by atoms with Gasteiger partial charge < -0.3 is 30.4 Å². The molecule has 0 saturated heterocycles. The van der Waals surface area contributed by atoms with Gasteiger partial charge >= 0.3 is 32.9 Å². The van der Waals surface area contributed by atoms with E-state index in [-0.39, 0.29) is 88.0 Å². The number of phenolic OH excluding ortho intramolecular Hbond substituents is 1. The molecule has 83 heavy (non-hydrogen) atoms. The number of hydrogen-bond donors (Lipinski definition) is 6. The van der Waals surface area contributed by atoms with E-state index < -0.39 is 73.9 Å². The Morgan fingerprint density at radius 3 is 1.25 bits per heavy atom. The summed E-state index contributed by atoms with van der Waals surface area (Å²) in [6.07, 6.45) is 3.18. The van der Waals surface area contributed by atoms with Crippen LogP contribution >= 0.6 is 34.0 Å². The van der Waals surface area contributed by atoms with Gasteiger partial charge in [0, 0.05) is 0 Å². The number of hydrogen-bond acceptors (Lipinski definition) is 25. The molecule has 0 aliphatic carbocycles. The highest BCUT2D eigenvalue weighted by Gasteiger charge is 2.31. The van der Waals surface area contributed by atoms with Crippen molar-refractivity contribution >= 4 is 106 Å². The summed E-state index contributed by atoms with van der Waals surface area (Å²) in [6.45, 7) is 18.1. The minimum Gasteiger partial charge on any atom is -0.507 e. The van der Waals surface area contributed by atoms with Crippen LogP contribution in [0.3, 0.4) is 0 Å². The number of nitro groups is 3. The van der Waals surface area contributed by atoms with Crippen molar-refractivity contribution in [1.29, 1.82) is 0 Å². The molecule has 31 heteroatoms. The first kappa shape index (κ1) is 68.2. The summed E-state index contributed by atoms with van der Waals surface area (Å²) >= 11 is 2.21. The van der Waals surface area contributed by atoms with Gasteiger partial charge in [-0.1, -0.05) is 84.9 Å². The summed E-state index contributed by atoms with van der Waals surface area (Å²) in [4.78, 5) is 125. The summed E-state index contributed by atoms with van der Waals surface area (Å²) in [7, 11) is 1.66. The first-order chi connectivity index (χ1) is 38.8. The van der Waals surface area contributed by atoms with Crippen molar-refractivity contribution in [2.24, 2.45) is 29.4 Å².